The number of methoxy groups -OCH3 is 1. The summed E-state index contributed by atoms with van der Waals surface area (Å²) < 4.78 is 7.17. The Morgan fingerprint density at radius 3 is 2.61 bits per heavy atom. The fourth-order valence-electron chi connectivity index (χ4n) is 4.18. The highest BCUT2D eigenvalue weighted by Gasteiger charge is 2.28. The Morgan fingerprint density at radius 1 is 1.23 bits per heavy atom. The molecule has 0 bridgehead atoms. The summed E-state index contributed by atoms with van der Waals surface area (Å²) in [6.45, 7) is 9.48. The van der Waals surface area contributed by atoms with Crippen LogP contribution in [0.3, 0.4) is 0 Å². The monoisotopic (exact) mass is 540 g/mol. The van der Waals surface area contributed by atoms with Gasteiger partial charge in [0.15, 0.2) is 11.8 Å². The van der Waals surface area contributed by atoms with Crippen LogP contribution in [0.25, 0.3) is 0 Å². The molecule has 7 nitrogen and oxygen atoms in total. The maximum absolute atomic E-state index is 5.17. The Hall–Kier alpha value is -1.68. The van der Waals surface area contributed by atoms with Crippen LogP contribution in [0.15, 0.2) is 35.3 Å². The predicted molar refractivity (Wildman–Crippen MR) is 136 cm³/mol. The number of hydrogen-bond acceptors (Lipinski definition) is 4. The van der Waals surface area contributed by atoms with E-state index in [2.05, 4.69) is 71.8 Å². The number of aliphatic imine (C=N–C) groups is 1. The van der Waals surface area contributed by atoms with Gasteiger partial charge in [-0.25, -0.2) is 9.67 Å². The maximum atomic E-state index is 5.17. The van der Waals surface area contributed by atoms with E-state index in [9.17, 15) is 0 Å². The molecular weight excluding hydrogens is 503 g/mol. The van der Waals surface area contributed by atoms with E-state index in [0.29, 0.717) is 6.61 Å². The first-order chi connectivity index (χ1) is 14.6. The minimum absolute atomic E-state index is 0. The average Bonchev–Trinajstić information content (AvgIpc) is 3.17. The van der Waals surface area contributed by atoms with Gasteiger partial charge in [-0.1, -0.05) is 44.2 Å². The second kappa shape index (κ2) is 12.4. The lowest BCUT2D eigenvalue weighted by molar-refractivity contribution is 0.177. The number of ether oxygens (including phenoxy) is 1. The van der Waals surface area contributed by atoms with Crippen LogP contribution in [-0.4, -0.2) is 47.0 Å². The molecule has 2 N–H and O–H groups in total. The fraction of sp³-hybridized carbons (Fsp3) is 0.609. The van der Waals surface area contributed by atoms with Crippen LogP contribution in [0.4, 0.5) is 0 Å². The molecule has 0 saturated heterocycles. The lowest BCUT2D eigenvalue weighted by Crippen LogP contribution is -2.47. The van der Waals surface area contributed by atoms with E-state index in [0.717, 1.165) is 62.9 Å². The second-order valence-electron chi connectivity index (χ2n) is 7.99. The second-order valence-corrected chi connectivity index (χ2v) is 7.99. The number of guanidine groups is 1. The molecule has 0 radical (unpaired) electrons. The summed E-state index contributed by atoms with van der Waals surface area (Å²) in [5.41, 5.74) is 1.43. The van der Waals surface area contributed by atoms with Gasteiger partial charge in [0.1, 0.15) is 12.4 Å². The Kier molecular flexibility index (Phi) is 10.2. The smallest absolute Gasteiger partial charge is 0.191 e. The van der Waals surface area contributed by atoms with Crippen molar-refractivity contribution in [2.75, 3.05) is 20.2 Å². The van der Waals surface area contributed by atoms with E-state index in [1.165, 1.54) is 5.56 Å². The quantitative estimate of drug-likeness (QED) is 0.289. The van der Waals surface area contributed by atoms with E-state index < -0.39 is 0 Å². The molecular formula is C23H37IN6O. The molecule has 2 heterocycles. The summed E-state index contributed by atoms with van der Waals surface area (Å²) >= 11 is 0. The molecule has 1 aromatic heterocycles. The van der Waals surface area contributed by atoms with E-state index >= 15 is 0 Å². The minimum Gasteiger partial charge on any atom is -0.377 e. The molecule has 172 valence electrons. The number of nitrogens with zero attached hydrogens (tertiary/aromatic N) is 4. The van der Waals surface area contributed by atoms with Crippen LogP contribution in [-0.2, 0) is 29.7 Å². The van der Waals surface area contributed by atoms with Gasteiger partial charge in [0.05, 0.1) is 13.1 Å². The van der Waals surface area contributed by atoms with Crippen molar-refractivity contribution < 1.29 is 4.74 Å². The Morgan fingerprint density at radius 2 is 1.97 bits per heavy atom. The first kappa shape index (κ1) is 25.6. The summed E-state index contributed by atoms with van der Waals surface area (Å²) in [6.07, 6.45) is 4.04. The number of nitrogens with one attached hydrogen (secondary N) is 2. The van der Waals surface area contributed by atoms with Crippen molar-refractivity contribution in [3.8, 4) is 0 Å². The summed E-state index contributed by atoms with van der Waals surface area (Å²) in [5.74, 6) is 2.68. The van der Waals surface area contributed by atoms with Crippen molar-refractivity contribution >= 4 is 29.9 Å². The highest BCUT2D eigenvalue weighted by Crippen LogP contribution is 2.32. The molecule has 0 fully saturated rings. The van der Waals surface area contributed by atoms with Gasteiger partial charge >= 0.3 is 0 Å². The van der Waals surface area contributed by atoms with Gasteiger partial charge in [0.25, 0.3) is 0 Å². The van der Waals surface area contributed by atoms with Crippen LogP contribution in [0, 0.1) is 0 Å². The molecule has 3 rings (SSSR count). The van der Waals surface area contributed by atoms with E-state index in [4.69, 9.17) is 9.73 Å². The highest BCUT2D eigenvalue weighted by atomic mass is 127. The third-order valence-corrected chi connectivity index (χ3v) is 6.14. The third-order valence-electron chi connectivity index (χ3n) is 6.14. The summed E-state index contributed by atoms with van der Waals surface area (Å²) in [6, 6.07) is 11.1. The lowest BCUT2D eigenvalue weighted by atomic mass is 9.76. The van der Waals surface area contributed by atoms with Crippen molar-refractivity contribution in [1.29, 1.82) is 0 Å². The van der Waals surface area contributed by atoms with Crippen molar-refractivity contribution in [2.24, 2.45) is 4.99 Å². The SMILES string of the molecule is CCNC(=NCC(CC)(CC)c1ccccc1)NC1CCc2nc(COC)nn2C1.I. The van der Waals surface area contributed by atoms with Gasteiger partial charge in [0, 0.05) is 31.5 Å². The Bertz CT molecular complexity index is 819. The van der Waals surface area contributed by atoms with Crippen LogP contribution in [0.2, 0.25) is 0 Å². The number of halogens is 1. The van der Waals surface area contributed by atoms with Crippen molar-refractivity contribution in [2.45, 2.75) is 71.1 Å². The largest absolute Gasteiger partial charge is 0.377 e. The molecule has 1 atom stereocenters. The number of aromatic nitrogens is 3. The van der Waals surface area contributed by atoms with Crippen LogP contribution in [0.5, 0.6) is 0 Å². The first-order valence-corrected chi connectivity index (χ1v) is 11.2. The summed E-state index contributed by atoms with van der Waals surface area (Å²) in [4.78, 5) is 9.59. The molecule has 1 aliphatic heterocycles. The standard InChI is InChI=1S/C23H36N6O.HI/c1-5-23(6-2,18-11-9-8-10-12-18)17-25-22(24-7-3)26-19-13-14-21-27-20(16-30-4)28-29(21)15-19;/h8-12,19H,5-7,13-17H2,1-4H3,(H2,24,25,26);1H. The van der Waals surface area contributed by atoms with Crippen LogP contribution in [0.1, 0.15) is 57.2 Å². The number of fused-ring (bicyclic) bond motifs is 1. The van der Waals surface area contributed by atoms with E-state index in [-0.39, 0.29) is 35.4 Å². The summed E-state index contributed by atoms with van der Waals surface area (Å²) in [7, 11) is 1.67. The number of hydrogen-bond donors (Lipinski definition) is 2. The van der Waals surface area contributed by atoms with E-state index in [1.807, 2.05) is 4.68 Å². The third kappa shape index (κ3) is 6.41. The van der Waals surface area contributed by atoms with Gasteiger partial charge < -0.3 is 15.4 Å². The average molecular weight is 540 g/mol. The molecule has 0 amide bonds. The number of benzene rings is 1. The van der Waals surface area contributed by atoms with Gasteiger partial charge in [0.2, 0.25) is 0 Å². The molecule has 8 heteroatoms. The molecule has 0 aliphatic carbocycles. The van der Waals surface area contributed by atoms with Crippen LogP contribution < -0.4 is 10.6 Å². The van der Waals surface area contributed by atoms with Crippen molar-refractivity contribution in [3.63, 3.8) is 0 Å². The van der Waals surface area contributed by atoms with Crippen molar-refractivity contribution in [3.05, 3.63) is 47.5 Å². The Balaban J connectivity index is 0.00000341. The van der Waals surface area contributed by atoms with Crippen molar-refractivity contribution in [1.82, 2.24) is 25.4 Å². The zero-order valence-electron chi connectivity index (χ0n) is 19.2. The van der Waals surface area contributed by atoms with Gasteiger partial charge in [-0.15, -0.1) is 24.0 Å². The minimum atomic E-state index is 0. The number of aryl methyl sites for hydroxylation is 1. The molecule has 1 aliphatic rings. The molecule has 2 aromatic rings. The van der Waals surface area contributed by atoms with Gasteiger partial charge in [-0.2, -0.15) is 5.10 Å². The number of rotatable bonds is 9. The topological polar surface area (TPSA) is 76.4 Å². The zero-order chi connectivity index (χ0) is 21.4. The maximum Gasteiger partial charge on any atom is 0.191 e. The predicted octanol–water partition coefficient (Wildman–Crippen LogP) is 3.67. The van der Waals surface area contributed by atoms with Gasteiger partial charge in [-0.05, 0) is 31.7 Å². The fourth-order valence-corrected chi connectivity index (χ4v) is 4.18. The lowest BCUT2D eigenvalue weighted by Gasteiger charge is -2.31. The molecule has 1 aromatic carbocycles. The summed E-state index contributed by atoms with van der Waals surface area (Å²) in [5, 5.41) is 11.6. The Labute approximate surface area is 203 Å². The zero-order valence-corrected chi connectivity index (χ0v) is 21.6. The molecule has 0 spiro atoms. The molecule has 0 saturated carbocycles. The first-order valence-electron chi connectivity index (χ1n) is 11.2. The van der Waals surface area contributed by atoms with Crippen LogP contribution >= 0.6 is 24.0 Å². The molecule has 31 heavy (non-hydrogen) atoms. The van der Waals surface area contributed by atoms with E-state index in [1.54, 1.807) is 7.11 Å². The highest BCUT2D eigenvalue weighted by molar-refractivity contribution is 14.0. The normalized spacial score (nSPS) is 16.4. The van der Waals surface area contributed by atoms with Gasteiger partial charge in [-0.3, -0.25) is 4.99 Å². The molecule has 1 unspecified atom stereocenters.